The molecule has 0 spiro atoms. The van der Waals surface area contributed by atoms with Crippen LogP contribution in [0.1, 0.15) is 23.2 Å². The van der Waals surface area contributed by atoms with E-state index in [2.05, 4.69) is 6.58 Å². The van der Waals surface area contributed by atoms with Gasteiger partial charge in [0.15, 0.2) is 11.5 Å². The number of hydrogen-bond acceptors (Lipinski definition) is 3. The highest BCUT2D eigenvalue weighted by atomic mass is 16.5. The lowest BCUT2D eigenvalue weighted by molar-refractivity contribution is 0.0661. The molecule has 0 aliphatic rings. The Balaban J connectivity index is 2.79. The molecule has 1 aromatic rings. The zero-order valence-corrected chi connectivity index (χ0v) is 7.24. The standard InChI is InChI=1S/C9H10O4/c1-3-12-6(2)7-4-5-8(13-7)9(10)11/h4-5H,2-3H2,1H3,(H,10,11). The normalized spacial score (nSPS) is 9.62. The van der Waals surface area contributed by atoms with Gasteiger partial charge in [-0.25, -0.2) is 4.79 Å². The molecule has 4 heteroatoms. The van der Waals surface area contributed by atoms with Gasteiger partial charge in [-0.15, -0.1) is 0 Å². The van der Waals surface area contributed by atoms with Crippen LogP contribution in [-0.2, 0) is 4.74 Å². The zero-order chi connectivity index (χ0) is 9.84. The Labute approximate surface area is 75.4 Å². The average Bonchev–Trinajstić information content (AvgIpc) is 2.52. The molecule has 0 fully saturated rings. The van der Waals surface area contributed by atoms with Crippen molar-refractivity contribution in [3.05, 3.63) is 30.2 Å². The molecule has 0 aliphatic heterocycles. The zero-order valence-electron chi connectivity index (χ0n) is 7.24. The molecule has 1 rings (SSSR count). The SMILES string of the molecule is C=C(OCC)c1ccc(C(=O)O)o1. The van der Waals surface area contributed by atoms with Crippen LogP contribution in [-0.4, -0.2) is 17.7 Å². The molecular formula is C9H10O4. The molecule has 0 aromatic carbocycles. The maximum Gasteiger partial charge on any atom is 0.371 e. The van der Waals surface area contributed by atoms with E-state index >= 15 is 0 Å². The maximum atomic E-state index is 10.4. The van der Waals surface area contributed by atoms with Gasteiger partial charge in [0, 0.05) is 0 Å². The summed E-state index contributed by atoms with van der Waals surface area (Å²) in [6, 6.07) is 2.88. The molecule has 13 heavy (non-hydrogen) atoms. The van der Waals surface area contributed by atoms with E-state index in [9.17, 15) is 4.79 Å². The van der Waals surface area contributed by atoms with Crippen molar-refractivity contribution in [2.24, 2.45) is 0 Å². The molecule has 0 radical (unpaired) electrons. The van der Waals surface area contributed by atoms with E-state index in [1.807, 2.05) is 6.92 Å². The Morgan fingerprint density at radius 1 is 1.62 bits per heavy atom. The van der Waals surface area contributed by atoms with Gasteiger partial charge in [-0.05, 0) is 19.1 Å². The van der Waals surface area contributed by atoms with Crippen LogP contribution in [0.15, 0.2) is 23.1 Å². The van der Waals surface area contributed by atoms with Crippen molar-refractivity contribution in [2.75, 3.05) is 6.61 Å². The van der Waals surface area contributed by atoms with Crippen molar-refractivity contribution in [3.63, 3.8) is 0 Å². The Hall–Kier alpha value is -1.71. The first-order chi connectivity index (χ1) is 6.15. The van der Waals surface area contributed by atoms with Gasteiger partial charge in [0.05, 0.1) is 6.61 Å². The van der Waals surface area contributed by atoms with Gasteiger partial charge in [0.25, 0.3) is 0 Å². The van der Waals surface area contributed by atoms with Crippen molar-refractivity contribution in [1.82, 2.24) is 0 Å². The topological polar surface area (TPSA) is 59.7 Å². The molecule has 1 heterocycles. The minimum absolute atomic E-state index is 0.115. The van der Waals surface area contributed by atoms with E-state index in [-0.39, 0.29) is 5.76 Å². The van der Waals surface area contributed by atoms with Crippen LogP contribution in [0.5, 0.6) is 0 Å². The summed E-state index contributed by atoms with van der Waals surface area (Å²) in [7, 11) is 0. The van der Waals surface area contributed by atoms with E-state index in [0.717, 1.165) is 0 Å². The molecule has 0 saturated carbocycles. The Morgan fingerprint density at radius 3 is 2.69 bits per heavy atom. The van der Waals surface area contributed by atoms with E-state index in [0.29, 0.717) is 18.1 Å². The number of carboxylic acid groups (broad SMARTS) is 1. The number of ether oxygens (including phenoxy) is 1. The summed E-state index contributed by atoms with van der Waals surface area (Å²) in [5.74, 6) is -0.527. The second kappa shape index (κ2) is 3.80. The number of furan rings is 1. The molecule has 0 unspecified atom stereocenters. The summed E-state index contributed by atoms with van der Waals surface area (Å²) in [6.45, 7) is 5.86. The van der Waals surface area contributed by atoms with Crippen molar-refractivity contribution in [3.8, 4) is 0 Å². The van der Waals surface area contributed by atoms with E-state index < -0.39 is 5.97 Å². The van der Waals surface area contributed by atoms with Crippen LogP contribution >= 0.6 is 0 Å². The van der Waals surface area contributed by atoms with Gasteiger partial charge in [-0.3, -0.25) is 0 Å². The molecule has 0 aliphatic carbocycles. The highest BCUT2D eigenvalue weighted by Crippen LogP contribution is 2.16. The highest BCUT2D eigenvalue weighted by molar-refractivity contribution is 5.84. The predicted octanol–water partition coefficient (Wildman–Crippen LogP) is 1.99. The Bertz CT molecular complexity index is 324. The van der Waals surface area contributed by atoms with E-state index in [4.69, 9.17) is 14.3 Å². The molecule has 0 bridgehead atoms. The van der Waals surface area contributed by atoms with E-state index in [1.165, 1.54) is 12.1 Å². The fraction of sp³-hybridized carbons (Fsp3) is 0.222. The predicted molar refractivity (Wildman–Crippen MR) is 46.3 cm³/mol. The van der Waals surface area contributed by atoms with Gasteiger partial charge < -0.3 is 14.3 Å². The average molecular weight is 182 g/mol. The van der Waals surface area contributed by atoms with Crippen molar-refractivity contribution < 1.29 is 19.1 Å². The van der Waals surface area contributed by atoms with Gasteiger partial charge in [-0.1, -0.05) is 6.58 Å². The lowest BCUT2D eigenvalue weighted by Gasteiger charge is -2.01. The van der Waals surface area contributed by atoms with Gasteiger partial charge in [-0.2, -0.15) is 0 Å². The summed E-state index contributed by atoms with van der Waals surface area (Å²) in [5.41, 5.74) is 0. The molecule has 1 aromatic heterocycles. The number of carboxylic acids is 1. The summed E-state index contributed by atoms with van der Waals surface area (Å²) in [6.07, 6.45) is 0. The van der Waals surface area contributed by atoms with Crippen molar-refractivity contribution in [1.29, 1.82) is 0 Å². The molecule has 0 atom stereocenters. The number of aromatic carboxylic acids is 1. The summed E-state index contributed by atoms with van der Waals surface area (Å²) in [4.78, 5) is 10.4. The van der Waals surface area contributed by atoms with Crippen LogP contribution in [0.3, 0.4) is 0 Å². The second-order valence-electron chi connectivity index (χ2n) is 2.33. The second-order valence-corrected chi connectivity index (χ2v) is 2.33. The third-order valence-corrected chi connectivity index (χ3v) is 1.41. The number of rotatable bonds is 4. The summed E-state index contributed by atoms with van der Waals surface area (Å²) in [5, 5.41) is 8.55. The van der Waals surface area contributed by atoms with Crippen LogP contribution < -0.4 is 0 Å². The lowest BCUT2D eigenvalue weighted by atomic mass is 10.4. The molecule has 0 saturated heterocycles. The Morgan fingerprint density at radius 2 is 2.23 bits per heavy atom. The van der Waals surface area contributed by atoms with Crippen molar-refractivity contribution in [2.45, 2.75) is 6.92 Å². The van der Waals surface area contributed by atoms with E-state index in [1.54, 1.807) is 0 Å². The molecular weight excluding hydrogens is 172 g/mol. The van der Waals surface area contributed by atoms with Crippen LogP contribution in [0.2, 0.25) is 0 Å². The molecule has 0 amide bonds. The quantitative estimate of drug-likeness (QED) is 0.723. The lowest BCUT2D eigenvalue weighted by Crippen LogP contribution is -1.92. The largest absolute Gasteiger partial charge is 0.491 e. The minimum atomic E-state index is -1.10. The Kier molecular flexibility index (Phi) is 2.74. The third-order valence-electron chi connectivity index (χ3n) is 1.41. The summed E-state index contributed by atoms with van der Waals surface area (Å²) >= 11 is 0. The first-order valence-corrected chi connectivity index (χ1v) is 3.80. The molecule has 70 valence electrons. The molecule has 4 nitrogen and oxygen atoms in total. The van der Waals surface area contributed by atoms with Crippen LogP contribution in [0.25, 0.3) is 5.76 Å². The fourth-order valence-electron chi connectivity index (χ4n) is 0.848. The first kappa shape index (κ1) is 9.38. The van der Waals surface area contributed by atoms with Gasteiger partial charge >= 0.3 is 5.97 Å². The van der Waals surface area contributed by atoms with Crippen LogP contribution in [0, 0.1) is 0 Å². The monoisotopic (exact) mass is 182 g/mol. The van der Waals surface area contributed by atoms with Gasteiger partial charge in [0.2, 0.25) is 5.76 Å². The smallest absolute Gasteiger partial charge is 0.371 e. The third kappa shape index (κ3) is 2.11. The first-order valence-electron chi connectivity index (χ1n) is 3.80. The fourth-order valence-corrected chi connectivity index (χ4v) is 0.848. The number of carbonyl (C=O) groups is 1. The highest BCUT2D eigenvalue weighted by Gasteiger charge is 2.10. The number of hydrogen-bond donors (Lipinski definition) is 1. The van der Waals surface area contributed by atoms with Crippen LogP contribution in [0.4, 0.5) is 0 Å². The maximum absolute atomic E-state index is 10.4. The van der Waals surface area contributed by atoms with Gasteiger partial charge in [0.1, 0.15) is 0 Å². The minimum Gasteiger partial charge on any atom is -0.491 e. The summed E-state index contributed by atoms with van der Waals surface area (Å²) < 4.78 is 9.98. The molecule has 1 N–H and O–H groups in total. The van der Waals surface area contributed by atoms with Crippen molar-refractivity contribution >= 4 is 11.7 Å².